The molecule has 1 fully saturated rings. The molecule has 0 aromatic carbocycles. The number of aromatic nitrogens is 2. The van der Waals surface area contributed by atoms with Crippen LogP contribution in [0.2, 0.25) is 0 Å². The van der Waals surface area contributed by atoms with Gasteiger partial charge >= 0.3 is 6.03 Å². The van der Waals surface area contributed by atoms with Crippen LogP contribution in [0.4, 0.5) is 9.93 Å². The molecule has 2 amide bonds. The summed E-state index contributed by atoms with van der Waals surface area (Å²) in [7, 11) is 0. The van der Waals surface area contributed by atoms with E-state index >= 15 is 0 Å². The van der Waals surface area contributed by atoms with Gasteiger partial charge in [0.05, 0.1) is 12.6 Å². The average molecular weight is 228 g/mol. The van der Waals surface area contributed by atoms with Gasteiger partial charge < -0.3 is 10.1 Å². The second-order valence-electron chi connectivity index (χ2n) is 3.31. The molecular weight excluding hydrogens is 216 g/mol. The number of ether oxygens (including phenoxy) is 1. The quantitative estimate of drug-likeness (QED) is 0.783. The molecule has 7 heteroatoms. The summed E-state index contributed by atoms with van der Waals surface area (Å²) in [5.74, 6) is 0.666. The smallest absolute Gasteiger partial charge is 0.321 e. The van der Waals surface area contributed by atoms with Crippen molar-refractivity contribution in [2.45, 2.75) is 19.4 Å². The van der Waals surface area contributed by atoms with Crippen LogP contribution >= 0.6 is 11.5 Å². The number of nitrogens with zero attached hydrogens (tertiary/aromatic N) is 2. The molecule has 1 aliphatic heterocycles. The maximum Gasteiger partial charge on any atom is 0.321 e. The lowest BCUT2D eigenvalue weighted by molar-refractivity contribution is 0.189. The fourth-order valence-electron chi connectivity index (χ4n) is 1.31. The molecule has 82 valence electrons. The van der Waals surface area contributed by atoms with E-state index in [1.165, 1.54) is 11.5 Å². The van der Waals surface area contributed by atoms with E-state index in [-0.39, 0.29) is 12.1 Å². The van der Waals surface area contributed by atoms with Gasteiger partial charge in [-0.05, 0) is 13.3 Å². The van der Waals surface area contributed by atoms with Crippen LogP contribution in [-0.2, 0) is 4.74 Å². The van der Waals surface area contributed by atoms with E-state index in [0.29, 0.717) is 24.2 Å². The van der Waals surface area contributed by atoms with Crippen molar-refractivity contribution >= 4 is 22.7 Å². The van der Waals surface area contributed by atoms with E-state index < -0.39 is 0 Å². The van der Waals surface area contributed by atoms with Gasteiger partial charge in [0, 0.05) is 18.1 Å². The number of carbonyl (C=O) groups is 1. The van der Waals surface area contributed by atoms with E-state index in [9.17, 15) is 4.79 Å². The summed E-state index contributed by atoms with van der Waals surface area (Å²) in [5, 5.41) is 5.95. The second kappa shape index (κ2) is 4.54. The molecule has 1 saturated heterocycles. The van der Waals surface area contributed by atoms with Gasteiger partial charge in [-0.2, -0.15) is 4.37 Å². The Labute approximate surface area is 91.2 Å². The van der Waals surface area contributed by atoms with Gasteiger partial charge in [-0.3, -0.25) is 5.32 Å². The Kier molecular flexibility index (Phi) is 3.12. The molecule has 1 aliphatic rings. The van der Waals surface area contributed by atoms with E-state index in [4.69, 9.17) is 4.74 Å². The summed E-state index contributed by atoms with van der Waals surface area (Å²) in [5.41, 5.74) is 0. The zero-order chi connectivity index (χ0) is 10.7. The molecule has 0 bridgehead atoms. The van der Waals surface area contributed by atoms with Crippen molar-refractivity contribution in [1.82, 2.24) is 14.7 Å². The molecular formula is C8H12N4O2S. The minimum Gasteiger partial charge on any atom is -0.379 e. The Morgan fingerprint density at radius 2 is 2.53 bits per heavy atom. The van der Waals surface area contributed by atoms with Crippen molar-refractivity contribution in [2.24, 2.45) is 0 Å². The summed E-state index contributed by atoms with van der Waals surface area (Å²) in [6, 6.07) is -0.138. The van der Waals surface area contributed by atoms with Crippen molar-refractivity contribution < 1.29 is 9.53 Å². The highest BCUT2D eigenvalue weighted by molar-refractivity contribution is 7.09. The summed E-state index contributed by atoms with van der Waals surface area (Å²) >= 11 is 1.17. The first-order valence-electron chi connectivity index (χ1n) is 4.69. The van der Waals surface area contributed by atoms with Gasteiger partial charge in [-0.25, -0.2) is 9.78 Å². The lowest BCUT2D eigenvalue weighted by Gasteiger charge is -2.09. The number of nitrogens with one attached hydrogen (secondary N) is 2. The van der Waals surface area contributed by atoms with E-state index in [1.807, 2.05) is 0 Å². The number of amides is 2. The number of anilines is 1. The van der Waals surface area contributed by atoms with Crippen molar-refractivity contribution in [3.63, 3.8) is 0 Å². The molecule has 1 unspecified atom stereocenters. The van der Waals surface area contributed by atoms with E-state index in [2.05, 4.69) is 20.0 Å². The summed E-state index contributed by atoms with van der Waals surface area (Å²) in [6.45, 7) is 3.08. The number of hydrogen-bond acceptors (Lipinski definition) is 5. The van der Waals surface area contributed by atoms with Crippen LogP contribution in [-0.4, -0.2) is 34.6 Å². The number of urea groups is 1. The van der Waals surface area contributed by atoms with Crippen LogP contribution in [0.25, 0.3) is 0 Å². The van der Waals surface area contributed by atoms with E-state index in [1.54, 1.807) is 6.92 Å². The Bertz CT molecular complexity index is 348. The molecule has 2 N–H and O–H groups in total. The molecule has 1 aromatic rings. The molecule has 0 saturated carbocycles. The number of hydrogen-bond donors (Lipinski definition) is 2. The minimum absolute atomic E-state index is 0.110. The van der Waals surface area contributed by atoms with Crippen LogP contribution < -0.4 is 10.6 Å². The van der Waals surface area contributed by atoms with Crippen LogP contribution in [0, 0.1) is 6.92 Å². The first kappa shape index (κ1) is 10.3. The predicted molar refractivity (Wildman–Crippen MR) is 56.0 cm³/mol. The Hall–Kier alpha value is -1.21. The monoisotopic (exact) mass is 228 g/mol. The van der Waals surface area contributed by atoms with Gasteiger partial charge in [-0.1, -0.05) is 0 Å². The van der Waals surface area contributed by atoms with Crippen LogP contribution in [0.5, 0.6) is 0 Å². The topological polar surface area (TPSA) is 76.1 Å². The molecule has 0 aliphatic carbocycles. The third-order valence-electron chi connectivity index (χ3n) is 2.01. The first-order valence-corrected chi connectivity index (χ1v) is 5.47. The Balaban J connectivity index is 1.81. The normalized spacial score (nSPS) is 20.2. The predicted octanol–water partition coefficient (Wildman–Crippen LogP) is 0.757. The molecule has 0 spiro atoms. The molecule has 2 rings (SSSR count). The van der Waals surface area contributed by atoms with Crippen molar-refractivity contribution in [3.8, 4) is 0 Å². The highest BCUT2D eigenvalue weighted by atomic mass is 32.1. The highest BCUT2D eigenvalue weighted by Gasteiger charge is 2.18. The Morgan fingerprint density at radius 3 is 3.13 bits per heavy atom. The lowest BCUT2D eigenvalue weighted by atomic mass is 10.3. The fourth-order valence-corrected chi connectivity index (χ4v) is 1.89. The maximum absolute atomic E-state index is 11.4. The molecule has 1 atom stereocenters. The number of rotatable bonds is 2. The highest BCUT2D eigenvalue weighted by Crippen LogP contribution is 2.10. The van der Waals surface area contributed by atoms with Crippen molar-refractivity contribution in [1.29, 1.82) is 0 Å². The van der Waals surface area contributed by atoms with Gasteiger partial charge in [0.2, 0.25) is 5.13 Å². The van der Waals surface area contributed by atoms with Crippen molar-refractivity contribution in [3.05, 3.63) is 5.82 Å². The molecule has 2 heterocycles. The number of carbonyl (C=O) groups excluding carboxylic acids is 1. The van der Waals surface area contributed by atoms with Crippen LogP contribution in [0.3, 0.4) is 0 Å². The van der Waals surface area contributed by atoms with Gasteiger partial charge in [0.25, 0.3) is 0 Å². The van der Waals surface area contributed by atoms with Gasteiger partial charge in [-0.15, -0.1) is 0 Å². The minimum atomic E-state index is -0.248. The SMILES string of the molecule is Cc1nsc(NC(=O)NC2CCOC2)n1. The molecule has 0 radical (unpaired) electrons. The third-order valence-corrected chi connectivity index (χ3v) is 2.73. The van der Waals surface area contributed by atoms with E-state index in [0.717, 1.165) is 6.42 Å². The van der Waals surface area contributed by atoms with Gasteiger partial charge in [0.15, 0.2) is 0 Å². The van der Waals surface area contributed by atoms with Crippen LogP contribution in [0.15, 0.2) is 0 Å². The van der Waals surface area contributed by atoms with Crippen molar-refractivity contribution in [2.75, 3.05) is 18.5 Å². The second-order valence-corrected chi connectivity index (χ2v) is 4.06. The summed E-state index contributed by atoms with van der Waals surface area (Å²) < 4.78 is 9.11. The standard InChI is InChI=1S/C8H12N4O2S/c1-5-9-8(15-12-5)11-7(13)10-6-2-3-14-4-6/h6H,2-4H2,1H3,(H2,9,10,11,12,13). The molecule has 1 aromatic heterocycles. The van der Waals surface area contributed by atoms with Gasteiger partial charge in [0.1, 0.15) is 5.82 Å². The summed E-state index contributed by atoms with van der Waals surface area (Å²) in [4.78, 5) is 15.5. The fraction of sp³-hybridized carbons (Fsp3) is 0.625. The zero-order valence-electron chi connectivity index (χ0n) is 8.32. The summed E-state index contributed by atoms with van der Waals surface area (Å²) in [6.07, 6.45) is 0.864. The maximum atomic E-state index is 11.4. The molecule has 6 nitrogen and oxygen atoms in total. The zero-order valence-corrected chi connectivity index (χ0v) is 9.13. The third kappa shape index (κ3) is 2.87. The first-order chi connectivity index (χ1) is 7.24. The lowest BCUT2D eigenvalue weighted by Crippen LogP contribution is -2.38. The Morgan fingerprint density at radius 1 is 1.67 bits per heavy atom. The largest absolute Gasteiger partial charge is 0.379 e. The average Bonchev–Trinajstić information content (AvgIpc) is 2.77. The molecule has 15 heavy (non-hydrogen) atoms. The van der Waals surface area contributed by atoms with Crippen LogP contribution in [0.1, 0.15) is 12.2 Å². The number of aryl methyl sites for hydroxylation is 1.